The third-order valence-electron chi connectivity index (χ3n) is 1.87. The Morgan fingerprint density at radius 3 is 2.73 bits per heavy atom. The van der Waals surface area contributed by atoms with Crippen LogP contribution in [0.3, 0.4) is 0 Å². The van der Waals surface area contributed by atoms with Gasteiger partial charge in [0.2, 0.25) is 4.77 Å². The van der Waals surface area contributed by atoms with Crippen molar-refractivity contribution in [3.05, 3.63) is 39.4 Å². The number of para-hydroxylation sites is 1. The number of H-pyrrole nitrogens is 2. The topological polar surface area (TPSA) is 81.8 Å². The molecule has 15 heavy (non-hydrogen) atoms. The van der Waals surface area contributed by atoms with E-state index in [2.05, 4.69) is 15.2 Å². The Balaban J connectivity index is 2.75. The van der Waals surface area contributed by atoms with Gasteiger partial charge in [-0.15, -0.1) is 0 Å². The number of benzene rings is 1. The van der Waals surface area contributed by atoms with Crippen molar-refractivity contribution < 1.29 is 5.11 Å². The molecule has 0 fully saturated rings. The molecule has 0 spiro atoms. The number of nitrogens with one attached hydrogen (secondary N) is 2. The van der Waals surface area contributed by atoms with Gasteiger partial charge in [-0.2, -0.15) is 0 Å². The molecule has 1 aromatic heterocycles. The molecule has 1 aromatic carbocycles. The van der Waals surface area contributed by atoms with E-state index < -0.39 is 5.56 Å². The van der Waals surface area contributed by atoms with Gasteiger partial charge >= 0.3 is 0 Å². The minimum atomic E-state index is -0.426. The lowest BCUT2D eigenvalue weighted by molar-refractivity contribution is 0.477. The molecule has 76 valence electrons. The van der Waals surface area contributed by atoms with Gasteiger partial charge in [-0.1, -0.05) is 12.1 Å². The zero-order valence-electron chi connectivity index (χ0n) is 7.52. The standard InChI is InChI=1S/C9H7N3O2S/c13-6-4-2-1-3-5(6)7-8(14)11-12-9(15)10-7/h1-4,13H,(H,11,14)(H,10,12,15). The van der Waals surface area contributed by atoms with Gasteiger partial charge in [0, 0.05) is 5.56 Å². The van der Waals surface area contributed by atoms with Crippen molar-refractivity contribution in [1.82, 2.24) is 15.2 Å². The summed E-state index contributed by atoms with van der Waals surface area (Å²) in [5.41, 5.74) is 0.0424. The van der Waals surface area contributed by atoms with Crippen molar-refractivity contribution >= 4 is 12.2 Å². The molecule has 2 aromatic rings. The summed E-state index contributed by atoms with van der Waals surface area (Å²) >= 11 is 4.78. The summed E-state index contributed by atoms with van der Waals surface area (Å²) in [4.78, 5) is 15.3. The lowest BCUT2D eigenvalue weighted by Gasteiger charge is -2.01. The first-order valence-electron chi connectivity index (χ1n) is 4.16. The molecule has 0 saturated carbocycles. The SMILES string of the molecule is O=c1[nH][nH]c(=S)nc1-c1ccccc1O. The minimum Gasteiger partial charge on any atom is -0.507 e. The van der Waals surface area contributed by atoms with Crippen LogP contribution in [0.4, 0.5) is 0 Å². The molecule has 0 atom stereocenters. The van der Waals surface area contributed by atoms with Gasteiger partial charge in [0.1, 0.15) is 11.4 Å². The zero-order chi connectivity index (χ0) is 10.8. The van der Waals surface area contributed by atoms with Crippen LogP contribution in [0, 0.1) is 4.77 Å². The van der Waals surface area contributed by atoms with Crippen LogP contribution >= 0.6 is 12.2 Å². The molecule has 2 rings (SSSR count). The van der Waals surface area contributed by atoms with Gasteiger partial charge < -0.3 is 5.11 Å². The molecule has 0 amide bonds. The van der Waals surface area contributed by atoms with Gasteiger partial charge in [-0.25, -0.2) is 4.98 Å². The van der Waals surface area contributed by atoms with Crippen molar-refractivity contribution in [2.75, 3.05) is 0 Å². The van der Waals surface area contributed by atoms with Crippen molar-refractivity contribution in [3.63, 3.8) is 0 Å². The van der Waals surface area contributed by atoms with Crippen molar-refractivity contribution in [3.8, 4) is 17.0 Å². The highest BCUT2D eigenvalue weighted by Gasteiger charge is 2.08. The quantitative estimate of drug-likeness (QED) is 0.632. The maximum Gasteiger partial charge on any atom is 0.289 e. The number of aromatic nitrogens is 3. The normalized spacial score (nSPS) is 10.1. The molecule has 0 saturated heterocycles. The van der Waals surface area contributed by atoms with Gasteiger partial charge in [0.05, 0.1) is 0 Å². The highest BCUT2D eigenvalue weighted by atomic mass is 32.1. The third kappa shape index (κ3) is 1.79. The maximum atomic E-state index is 11.4. The zero-order valence-corrected chi connectivity index (χ0v) is 8.34. The molecule has 5 nitrogen and oxygen atoms in total. The Morgan fingerprint density at radius 2 is 2.00 bits per heavy atom. The predicted octanol–water partition coefficient (Wildman–Crippen LogP) is 1.20. The van der Waals surface area contributed by atoms with E-state index >= 15 is 0 Å². The van der Waals surface area contributed by atoms with Crippen LogP contribution in [0.1, 0.15) is 0 Å². The van der Waals surface area contributed by atoms with E-state index in [-0.39, 0.29) is 16.2 Å². The highest BCUT2D eigenvalue weighted by molar-refractivity contribution is 7.71. The third-order valence-corrected chi connectivity index (χ3v) is 2.06. The number of phenols is 1. The Kier molecular flexibility index (Phi) is 2.34. The number of rotatable bonds is 1. The second kappa shape index (κ2) is 3.66. The number of aromatic amines is 2. The van der Waals surface area contributed by atoms with E-state index in [1.807, 2.05) is 0 Å². The van der Waals surface area contributed by atoms with E-state index in [1.54, 1.807) is 18.2 Å². The fraction of sp³-hybridized carbons (Fsp3) is 0. The molecular weight excluding hydrogens is 214 g/mol. The maximum absolute atomic E-state index is 11.4. The number of phenolic OH excluding ortho intramolecular Hbond substituents is 1. The first kappa shape index (κ1) is 9.60. The van der Waals surface area contributed by atoms with Gasteiger partial charge in [-0.05, 0) is 24.4 Å². The van der Waals surface area contributed by atoms with Crippen molar-refractivity contribution in [2.24, 2.45) is 0 Å². The molecule has 0 aliphatic heterocycles. The fourth-order valence-electron chi connectivity index (χ4n) is 1.21. The Hall–Kier alpha value is -1.95. The molecule has 1 heterocycles. The number of hydrogen-bond donors (Lipinski definition) is 3. The molecule has 0 bridgehead atoms. The van der Waals surface area contributed by atoms with Crippen LogP contribution < -0.4 is 5.56 Å². The molecule has 0 aliphatic rings. The van der Waals surface area contributed by atoms with Crippen LogP contribution in [0.5, 0.6) is 5.75 Å². The van der Waals surface area contributed by atoms with Crippen molar-refractivity contribution in [1.29, 1.82) is 0 Å². The average molecular weight is 221 g/mol. The predicted molar refractivity (Wildman–Crippen MR) is 57.1 cm³/mol. The highest BCUT2D eigenvalue weighted by Crippen LogP contribution is 2.23. The van der Waals surface area contributed by atoms with E-state index in [4.69, 9.17) is 12.2 Å². The molecule has 0 unspecified atom stereocenters. The van der Waals surface area contributed by atoms with Crippen LogP contribution in [0.25, 0.3) is 11.3 Å². The Bertz CT molecular complexity index is 603. The lowest BCUT2D eigenvalue weighted by atomic mass is 10.1. The van der Waals surface area contributed by atoms with Gasteiger partial charge in [0.15, 0.2) is 0 Å². The summed E-state index contributed by atoms with van der Waals surface area (Å²) in [5.74, 6) is -0.00361. The minimum absolute atomic E-state index is 0.00361. The van der Waals surface area contributed by atoms with E-state index in [0.29, 0.717) is 5.56 Å². The average Bonchev–Trinajstić information content (AvgIpc) is 2.23. The second-order valence-corrected chi connectivity index (χ2v) is 3.25. The molecule has 3 N–H and O–H groups in total. The van der Waals surface area contributed by atoms with E-state index in [0.717, 1.165) is 0 Å². The second-order valence-electron chi connectivity index (χ2n) is 2.86. The molecule has 6 heteroatoms. The summed E-state index contributed by atoms with van der Waals surface area (Å²) < 4.78 is 0.160. The largest absolute Gasteiger partial charge is 0.507 e. The fourth-order valence-corrected chi connectivity index (χ4v) is 1.35. The van der Waals surface area contributed by atoms with Crippen LogP contribution in [0.2, 0.25) is 0 Å². The Morgan fingerprint density at radius 1 is 1.27 bits per heavy atom. The van der Waals surface area contributed by atoms with E-state index in [9.17, 15) is 9.90 Å². The number of nitrogens with zero attached hydrogens (tertiary/aromatic N) is 1. The summed E-state index contributed by atoms with van der Waals surface area (Å²) in [6.45, 7) is 0. The first-order valence-corrected chi connectivity index (χ1v) is 4.56. The first-order chi connectivity index (χ1) is 7.18. The number of hydrogen-bond acceptors (Lipinski definition) is 4. The summed E-state index contributed by atoms with van der Waals surface area (Å²) in [7, 11) is 0. The summed E-state index contributed by atoms with van der Waals surface area (Å²) in [6.07, 6.45) is 0. The molecule has 0 radical (unpaired) electrons. The molecular formula is C9H7N3O2S. The van der Waals surface area contributed by atoms with Gasteiger partial charge in [0.25, 0.3) is 5.56 Å². The monoisotopic (exact) mass is 221 g/mol. The van der Waals surface area contributed by atoms with Crippen LogP contribution in [-0.4, -0.2) is 20.3 Å². The summed E-state index contributed by atoms with van der Waals surface area (Å²) in [6, 6.07) is 6.45. The molecule has 0 aliphatic carbocycles. The van der Waals surface area contributed by atoms with Gasteiger partial charge in [-0.3, -0.25) is 15.0 Å². The van der Waals surface area contributed by atoms with Crippen molar-refractivity contribution in [2.45, 2.75) is 0 Å². The Labute approximate surface area is 89.4 Å². The smallest absolute Gasteiger partial charge is 0.289 e. The van der Waals surface area contributed by atoms with Crippen LogP contribution in [0.15, 0.2) is 29.1 Å². The van der Waals surface area contributed by atoms with E-state index in [1.165, 1.54) is 6.07 Å². The summed E-state index contributed by atoms with van der Waals surface area (Å²) in [5, 5.41) is 14.3. The lowest BCUT2D eigenvalue weighted by Crippen LogP contribution is -2.13. The van der Waals surface area contributed by atoms with Crippen LogP contribution in [-0.2, 0) is 0 Å². The number of aromatic hydroxyl groups is 1.